The number of rotatable bonds is 5. The van der Waals surface area contributed by atoms with Crippen molar-refractivity contribution in [1.82, 2.24) is 18.9 Å². The largest absolute Gasteiger partial charge is 0.467 e. The molecule has 0 amide bonds. The standard InChI is InChI=1S/C25H18N4O3S/c30-23-13-21-19(16-27(23)15-18-9-6-12-32-18)24(31)29(28(21)14-17-7-2-1-3-8-17)25-26-20-10-4-5-11-22(20)33-25/h1-13,16H,14-15H2. The molecule has 7 nitrogen and oxygen atoms in total. The molecular weight excluding hydrogens is 436 g/mol. The van der Waals surface area contributed by atoms with E-state index in [9.17, 15) is 9.59 Å². The Morgan fingerprint density at radius 1 is 0.909 bits per heavy atom. The van der Waals surface area contributed by atoms with Crippen LogP contribution in [0.4, 0.5) is 0 Å². The van der Waals surface area contributed by atoms with Crippen LogP contribution in [0.1, 0.15) is 11.3 Å². The predicted octanol–water partition coefficient (Wildman–Crippen LogP) is 4.25. The number of aromatic nitrogens is 4. The monoisotopic (exact) mass is 454 g/mol. The highest BCUT2D eigenvalue weighted by Crippen LogP contribution is 2.25. The van der Waals surface area contributed by atoms with Crippen LogP contribution >= 0.6 is 11.3 Å². The SMILES string of the molecule is O=c1cc2c(cn1Cc1ccco1)c(=O)n(-c1nc3ccccc3s1)n2Cc1ccccc1. The molecule has 0 fully saturated rings. The van der Waals surface area contributed by atoms with Crippen LogP contribution in [0.3, 0.4) is 0 Å². The fraction of sp³-hybridized carbons (Fsp3) is 0.0800. The number of fused-ring (bicyclic) bond motifs is 2. The van der Waals surface area contributed by atoms with Crippen LogP contribution in [0.2, 0.25) is 0 Å². The Bertz CT molecular complexity index is 1670. The van der Waals surface area contributed by atoms with E-state index >= 15 is 0 Å². The van der Waals surface area contributed by atoms with E-state index in [2.05, 4.69) is 0 Å². The van der Waals surface area contributed by atoms with Crippen LogP contribution in [0, 0.1) is 0 Å². The summed E-state index contributed by atoms with van der Waals surface area (Å²) in [7, 11) is 0. The first-order valence-corrected chi connectivity index (χ1v) is 11.3. The summed E-state index contributed by atoms with van der Waals surface area (Å²) >= 11 is 1.45. The Hall–Kier alpha value is -4.17. The average molecular weight is 455 g/mol. The predicted molar refractivity (Wildman–Crippen MR) is 128 cm³/mol. The van der Waals surface area contributed by atoms with Crippen LogP contribution in [-0.4, -0.2) is 18.9 Å². The van der Waals surface area contributed by atoms with Crippen molar-refractivity contribution < 1.29 is 4.42 Å². The summed E-state index contributed by atoms with van der Waals surface area (Å²) < 4.78 is 11.3. The second kappa shape index (κ2) is 7.75. The van der Waals surface area contributed by atoms with E-state index in [0.717, 1.165) is 15.8 Å². The lowest BCUT2D eigenvalue weighted by molar-refractivity contribution is 0.490. The molecule has 4 heterocycles. The Morgan fingerprint density at radius 3 is 2.52 bits per heavy atom. The Balaban J connectivity index is 1.59. The summed E-state index contributed by atoms with van der Waals surface area (Å²) in [6.07, 6.45) is 3.18. The van der Waals surface area contributed by atoms with Gasteiger partial charge in [-0.3, -0.25) is 14.3 Å². The van der Waals surface area contributed by atoms with E-state index in [1.54, 1.807) is 29.3 Å². The summed E-state index contributed by atoms with van der Waals surface area (Å²) in [5.41, 5.74) is 2.00. The van der Waals surface area contributed by atoms with E-state index in [1.807, 2.05) is 59.3 Å². The van der Waals surface area contributed by atoms with Gasteiger partial charge in [0.05, 0.1) is 40.5 Å². The Labute approximate surface area is 191 Å². The molecule has 8 heteroatoms. The highest BCUT2D eigenvalue weighted by Gasteiger charge is 2.20. The highest BCUT2D eigenvalue weighted by molar-refractivity contribution is 7.20. The minimum atomic E-state index is -0.215. The Morgan fingerprint density at radius 2 is 1.73 bits per heavy atom. The fourth-order valence-electron chi connectivity index (χ4n) is 4.02. The zero-order valence-electron chi connectivity index (χ0n) is 17.4. The number of nitrogens with zero attached hydrogens (tertiary/aromatic N) is 4. The number of thiazole rings is 1. The van der Waals surface area contributed by atoms with Gasteiger partial charge in [0, 0.05) is 12.3 Å². The first kappa shape index (κ1) is 19.5. The smallest absolute Gasteiger partial charge is 0.282 e. The van der Waals surface area contributed by atoms with Crippen molar-refractivity contribution in [2.75, 3.05) is 0 Å². The lowest BCUT2D eigenvalue weighted by Gasteiger charge is -2.11. The number of furan rings is 1. The molecule has 162 valence electrons. The number of pyridine rings is 1. The second-order valence-corrected chi connectivity index (χ2v) is 8.75. The minimum absolute atomic E-state index is 0.206. The summed E-state index contributed by atoms with van der Waals surface area (Å²) in [5, 5.41) is 1.02. The molecule has 0 bridgehead atoms. The molecule has 2 aromatic carbocycles. The first-order chi connectivity index (χ1) is 16.2. The molecule has 0 aliphatic carbocycles. The maximum Gasteiger partial charge on any atom is 0.282 e. The van der Waals surface area contributed by atoms with E-state index in [1.165, 1.54) is 22.0 Å². The van der Waals surface area contributed by atoms with Gasteiger partial charge >= 0.3 is 0 Å². The Kier molecular flexibility index (Phi) is 4.58. The number of hydrogen-bond donors (Lipinski definition) is 0. The van der Waals surface area contributed by atoms with Gasteiger partial charge in [0.1, 0.15) is 5.76 Å². The van der Waals surface area contributed by atoms with Gasteiger partial charge in [-0.15, -0.1) is 0 Å². The maximum absolute atomic E-state index is 13.7. The molecule has 0 aliphatic heterocycles. The van der Waals surface area contributed by atoms with Crippen molar-refractivity contribution in [3.8, 4) is 5.13 Å². The van der Waals surface area contributed by atoms with Crippen LogP contribution in [0.5, 0.6) is 0 Å². The van der Waals surface area contributed by atoms with Crippen molar-refractivity contribution in [3.63, 3.8) is 0 Å². The van der Waals surface area contributed by atoms with Gasteiger partial charge in [0.15, 0.2) is 0 Å². The van der Waals surface area contributed by atoms with Gasteiger partial charge in [-0.05, 0) is 29.8 Å². The number of para-hydroxylation sites is 1. The van der Waals surface area contributed by atoms with Crippen LogP contribution in [-0.2, 0) is 13.1 Å². The lowest BCUT2D eigenvalue weighted by atomic mass is 10.2. The molecule has 0 spiro atoms. The van der Waals surface area contributed by atoms with Gasteiger partial charge in [-0.1, -0.05) is 53.8 Å². The van der Waals surface area contributed by atoms with E-state index in [4.69, 9.17) is 9.40 Å². The van der Waals surface area contributed by atoms with Gasteiger partial charge in [-0.25, -0.2) is 4.98 Å². The van der Waals surface area contributed by atoms with E-state index in [-0.39, 0.29) is 17.7 Å². The zero-order chi connectivity index (χ0) is 22.4. The third-order valence-corrected chi connectivity index (χ3v) is 6.60. The molecule has 0 unspecified atom stereocenters. The molecule has 33 heavy (non-hydrogen) atoms. The fourth-order valence-corrected chi connectivity index (χ4v) is 4.99. The van der Waals surface area contributed by atoms with Gasteiger partial charge in [0.2, 0.25) is 5.13 Å². The summed E-state index contributed by atoms with van der Waals surface area (Å²) in [6.45, 7) is 0.684. The third kappa shape index (κ3) is 3.41. The van der Waals surface area contributed by atoms with Gasteiger partial charge < -0.3 is 8.98 Å². The van der Waals surface area contributed by atoms with Crippen molar-refractivity contribution in [2.24, 2.45) is 0 Å². The summed E-state index contributed by atoms with van der Waals surface area (Å²) in [4.78, 5) is 31.3. The third-order valence-electron chi connectivity index (χ3n) is 5.59. The topological polar surface area (TPSA) is 75.0 Å². The van der Waals surface area contributed by atoms with E-state index < -0.39 is 0 Å². The van der Waals surface area contributed by atoms with Crippen LogP contribution in [0.25, 0.3) is 26.3 Å². The lowest BCUT2D eigenvalue weighted by Crippen LogP contribution is -2.21. The molecule has 0 atom stereocenters. The molecular formula is C25H18N4O3S. The highest BCUT2D eigenvalue weighted by atomic mass is 32.1. The molecule has 0 aliphatic rings. The number of benzene rings is 2. The molecule has 0 saturated heterocycles. The van der Waals surface area contributed by atoms with Crippen LogP contribution < -0.4 is 11.1 Å². The van der Waals surface area contributed by atoms with Gasteiger partial charge in [-0.2, -0.15) is 4.68 Å². The van der Waals surface area contributed by atoms with Crippen molar-refractivity contribution in [2.45, 2.75) is 13.1 Å². The molecule has 4 aromatic heterocycles. The van der Waals surface area contributed by atoms with Crippen LogP contribution in [0.15, 0.2) is 99.3 Å². The quantitative estimate of drug-likeness (QED) is 0.390. The van der Waals surface area contributed by atoms with E-state index in [0.29, 0.717) is 28.3 Å². The maximum atomic E-state index is 13.7. The average Bonchev–Trinajstić information content (AvgIpc) is 3.54. The normalized spacial score (nSPS) is 11.5. The molecule has 0 radical (unpaired) electrons. The van der Waals surface area contributed by atoms with Crippen molar-refractivity contribution in [1.29, 1.82) is 0 Å². The van der Waals surface area contributed by atoms with Crippen molar-refractivity contribution in [3.05, 3.63) is 117 Å². The van der Waals surface area contributed by atoms with Crippen molar-refractivity contribution >= 4 is 32.5 Å². The summed E-state index contributed by atoms with van der Waals surface area (Å²) in [6, 6.07) is 22.7. The zero-order valence-corrected chi connectivity index (χ0v) is 18.2. The van der Waals surface area contributed by atoms with Gasteiger partial charge in [0.25, 0.3) is 11.1 Å². The molecule has 0 saturated carbocycles. The number of hydrogen-bond acceptors (Lipinski definition) is 5. The molecule has 0 N–H and O–H groups in total. The molecule has 6 rings (SSSR count). The minimum Gasteiger partial charge on any atom is -0.467 e. The summed E-state index contributed by atoms with van der Waals surface area (Å²) in [5.74, 6) is 0.645. The molecule has 6 aromatic rings. The second-order valence-electron chi connectivity index (χ2n) is 7.74. The first-order valence-electron chi connectivity index (χ1n) is 10.5.